The molecule has 2 unspecified atom stereocenters. The van der Waals surface area contributed by atoms with E-state index in [0.29, 0.717) is 5.41 Å². The van der Waals surface area contributed by atoms with Crippen LogP contribution in [0.5, 0.6) is 0 Å². The molecule has 1 aliphatic heterocycles. The first kappa shape index (κ1) is 6.66. The van der Waals surface area contributed by atoms with Crippen molar-refractivity contribution < 1.29 is 4.74 Å². The topological polar surface area (TPSA) is 9.23 Å². The van der Waals surface area contributed by atoms with Gasteiger partial charge in [-0.2, -0.15) is 0 Å². The fraction of sp³-hybridized carbons (Fsp3) is 1.00. The van der Waals surface area contributed by atoms with E-state index in [9.17, 15) is 0 Å². The molecular formula is C9H16O. The molecule has 0 aromatic heterocycles. The van der Waals surface area contributed by atoms with Crippen LogP contribution in [0.2, 0.25) is 0 Å². The van der Waals surface area contributed by atoms with Crippen LogP contribution in [0.15, 0.2) is 0 Å². The lowest BCUT2D eigenvalue weighted by atomic mass is 9.54. The Morgan fingerprint density at radius 2 is 2.00 bits per heavy atom. The summed E-state index contributed by atoms with van der Waals surface area (Å²) in [7, 11) is 0. The molecule has 10 heavy (non-hydrogen) atoms. The highest BCUT2D eigenvalue weighted by molar-refractivity contribution is 5.00. The Hall–Kier alpha value is -0.0400. The molecule has 1 heterocycles. The van der Waals surface area contributed by atoms with Crippen molar-refractivity contribution in [2.24, 2.45) is 17.3 Å². The van der Waals surface area contributed by atoms with Crippen LogP contribution in [0.25, 0.3) is 0 Å². The third-order valence-corrected chi connectivity index (χ3v) is 3.75. The lowest BCUT2D eigenvalue weighted by molar-refractivity contribution is -0.0377. The Balaban J connectivity index is 2.12. The van der Waals surface area contributed by atoms with Crippen LogP contribution in [0.3, 0.4) is 0 Å². The van der Waals surface area contributed by atoms with Crippen LogP contribution in [0.4, 0.5) is 0 Å². The van der Waals surface area contributed by atoms with E-state index in [1.54, 1.807) is 0 Å². The molecule has 0 N–H and O–H groups in total. The quantitative estimate of drug-likeness (QED) is 0.500. The van der Waals surface area contributed by atoms with E-state index < -0.39 is 0 Å². The van der Waals surface area contributed by atoms with Crippen molar-refractivity contribution in [2.75, 3.05) is 13.2 Å². The number of hydrogen-bond donors (Lipinski definition) is 0. The summed E-state index contributed by atoms with van der Waals surface area (Å²) >= 11 is 0. The predicted octanol–water partition coefficient (Wildman–Crippen LogP) is 2.07. The van der Waals surface area contributed by atoms with Crippen LogP contribution in [0, 0.1) is 17.3 Å². The first-order valence-electron chi connectivity index (χ1n) is 4.33. The van der Waals surface area contributed by atoms with Crippen LogP contribution in [-0.4, -0.2) is 13.2 Å². The van der Waals surface area contributed by atoms with Gasteiger partial charge in [-0.25, -0.2) is 0 Å². The molecule has 0 radical (unpaired) electrons. The summed E-state index contributed by atoms with van der Waals surface area (Å²) in [6.07, 6.45) is 2.73. The third-order valence-electron chi connectivity index (χ3n) is 3.75. The van der Waals surface area contributed by atoms with Gasteiger partial charge in [0.25, 0.3) is 0 Å². The normalized spacial score (nSPS) is 53.4. The molecule has 1 saturated carbocycles. The van der Waals surface area contributed by atoms with Gasteiger partial charge < -0.3 is 4.74 Å². The van der Waals surface area contributed by atoms with Crippen LogP contribution < -0.4 is 0 Å². The molecule has 1 spiro atoms. The molecule has 1 aliphatic carbocycles. The minimum atomic E-state index is 0.611. The minimum Gasteiger partial charge on any atom is -0.381 e. The van der Waals surface area contributed by atoms with Gasteiger partial charge in [0.05, 0.1) is 6.61 Å². The fourth-order valence-corrected chi connectivity index (χ4v) is 2.70. The SMILES string of the molecule is CC1CC(C)C12CCOC2. The Morgan fingerprint density at radius 1 is 1.30 bits per heavy atom. The van der Waals surface area contributed by atoms with E-state index >= 15 is 0 Å². The zero-order valence-electron chi connectivity index (χ0n) is 6.89. The molecule has 0 aromatic carbocycles. The van der Waals surface area contributed by atoms with Crippen molar-refractivity contribution in [3.8, 4) is 0 Å². The largest absolute Gasteiger partial charge is 0.381 e. The lowest BCUT2D eigenvalue weighted by Gasteiger charge is -2.50. The molecule has 1 heteroatoms. The number of ether oxygens (including phenoxy) is 1. The summed E-state index contributed by atoms with van der Waals surface area (Å²) in [6.45, 7) is 6.79. The molecule has 0 amide bonds. The van der Waals surface area contributed by atoms with Crippen molar-refractivity contribution in [3.63, 3.8) is 0 Å². The predicted molar refractivity (Wildman–Crippen MR) is 40.8 cm³/mol. The van der Waals surface area contributed by atoms with E-state index in [1.807, 2.05) is 0 Å². The fourth-order valence-electron chi connectivity index (χ4n) is 2.70. The van der Waals surface area contributed by atoms with E-state index in [1.165, 1.54) is 12.8 Å². The monoisotopic (exact) mass is 140 g/mol. The van der Waals surface area contributed by atoms with E-state index in [-0.39, 0.29) is 0 Å². The summed E-state index contributed by atoms with van der Waals surface area (Å²) in [4.78, 5) is 0. The molecule has 0 aromatic rings. The van der Waals surface area contributed by atoms with Gasteiger partial charge >= 0.3 is 0 Å². The first-order chi connectivity index (χ1) is 4.76. The van der Waals surface area contributed by atoms with Gasteiger partial charge in [0.1, 0.15) is 0 Å². The zero-order valence-corrected chi connectivity index (χ0v) is 6.89. The van der Waals surface area contributed by atoms with Crippen molar-refractivity contribution >= 4 is 0 Å². The van der Waals surface area contributed by atoms with Gasteiger partial charge in [0.15, 0.2) is 0 Å². The maximum atomic E-state index is 5.44. The van der Waals surface area contributed by atoms with Gasteiger partial charge in [0, 0.05) is 12.0 Å². The average molecular weight is 140 g/mol. The molecule has 1 saturated heterocycles. The second-order valence-corrected chi connectivity index (χ2v) is 4.07. The molecule has 2 rings (SSSR count). The van der Waals surface area contributed by atoms with Crippen LogP contribution in [0.1, 0.15) is 26.7 Å². The van der Waals surface area contributed by atoms with E-state index in [0.717, 1.165) is 25.0 Å². The summed E-state index contributed by atoms with van der Waals surface area (Å²) in [5.74, 6) is 1.84. The Bertz CT molecular complexity index is 126. The van der Waals surface area contributed by atoms with Gasteiger partial charge in [0.2, 0.25) is 0 Å². The van der Waals surface area contributed by atoms with E-state index in [2.05, 4.69) is 13.8 Å². The number of hydrogen-bond acceptors (Lipinski definition) is 1. The second kappa shape index (κ2) is 1.97. The standard InChI is InChI=1S/C9H16O/c1-7-5-8(2)9(7)3-4-10-6-9/h7-8H,3-6H2,1-2H3. The van der Waals surface area contributed by atoms with Crippen molar-refractivity contribution in [1.82, 2.24) is 0 Å². The van der Waals surface area contributed by atoms with Gasteiger partial charge in [-0.05, 0) is 24.7 Å². The van der Waals surface area contributed by atoms with E-state index in [4.69, 9.17) is 4.74 Å². The van der Waals surface area contributed by atoms with Crippen molar-refractivity contribution in [1.29, 1.82) is 0 Å². The molecule has 0 bridgehead atoms. The Morgan fingerprint density at radius 3 is 2.30 bits per heavy atom. The van der Waals surface area contributed by atoms with Crippen molar-refractivity contribution in [2.45, 2.75) is 26.7 Å². The van der Waals surface area contributed by atoms with Crippen molar-refractivity contribution in [3.05, 3.63) is 0 Å². The highest BCUT2D eigenvalue weighted by atomic mass is 16.5. The highest BCUT2D eigenvalue weighted by Gasteiger charge is 2.52. The molecule has 58 valence electrons. The molecule has 2 atom stereocenters. The molecular weight excluding hydrogens is 124 g/mol. The first-order valence-corrected chi connectivity index (χ1v) is 4.33. The van der Waals surface area contributed by atoms with Gasteiger partial charge in [-0.1, -0.05) is 13.8 Å². The van der Waals surface area contributed by atoms with Crippen LogP contribution >= 0.6 is 0 Å². The Kier molecular flexibility index (Phi) is 1.31. The lowest BCUT2D eigenvalue weighted by Crippen LogP contribution is -2.46. The maximum absolute atomic E-state index is 5.44. The minimum absolute atomic E-state index is 0.611. The maximum Gasteiger partial charge on any atom is 0.0528 e. The summed E-state index contributed by atoms with van der Waals surface area (Å²) < 4.78 is 5.44. The summed E-state index contributed by atoms with van der Waals surface area (Å²) in [6, 6.07) is 0. The summed E-state index contributed by atoms with van der Waals surface area (Å²) in [5, 5.41) is 0. The summed E-state index contributed by atoms with van der Waals surface area (Å²) in [5.41, 5.74) is 0.611. The second-order valence-electron chi connectivity index (χ2n) is 4.07. The molecule has 1 nitrogen and oxygen atoms in total. The Labute approximate surface area is 62.8 Å². The third kappa shape index (κ3) is 0.619. The molecule has 2 fully saturated rings. The molecule has 2 aliphatic rings. The van der Waals surface area contributed by atoms with Crippen LogP contribution in [-0.2, 0) is 4.74 Å². The average Bonchev–Trinajstić information content (AvgIpc) is 2.37. The van der Waals surface area contributed by atoms with Gasteiger partial charge in [-0.3, -0.25) is 0 Å². The smallest absolute Gasteiger partial charge is 0.0528 e. The van der Waals surface area contributed by atoms with Gasteiger partial charge in [-0.15, -0.1) is 0 Å². The highest BCUT2D eigenvalue weighted by Crippen LogP contribution is 2.55. The number of rotatable bonds is 0. The zero-order chi connectivity index (χ0) is 7.19.